The maximum atomic E-state index is 13.0. The molecule has 0 aromatic carbocycles. The van der Waals surface area contributed by atoms with Gasteiger partial charge in [0.1, 0.15) is 0 Å². The quantitative estimate of drug-likeness (QED) is 0.800. The van der Waals surface area contributed by atoms with E-state index in [0.29, 0.717) is 36.7 Å². The molecule has 4 nitrogen and oxygen atoms in total. The fraction of sp³-hybridized carbons (Fsp3) is 0.944. The first-order chi connectivity index (χ1) is 10.8. The summed E-state index contributed by atoms with van der Waals surface area (Å²) in [6, 6.07) is 1.61. The first-order valence-corrected chi connectivity index (χ1v) is 9.50. The highest BCUT2D eigenvalue weighted by Gasteiger charge is 2.41. The second kappa shape index (κ2) is 6.48. The van der Waals surface area contributed by atoms with E-state index in [1.807, 2.05) is 0 Å². The van der Waals surface area contributed by atoms with Crippen molar-refractivity contribution in [3.05, 3.63) is 0 Å². The van der Waals surface area contributed by atoms with Crippen LogP contribution in [0.25, 0.3) is 0 Å². The third-order valence-electron chi connectivity index (χ3n) is 6.13. The van der Waals surface area contributed by atoms with Gasteiger partial charge in [0.2, 0.25) is 5.91 Å². The Morgan fingerprint density at radius 3 is 2.41 bits per heavy atom. The molecule has 4 rings (SSSR count). The Labute approximate surface area is 134 Å². The number of hydrogen-bond donors (Lipinski definition) is 0. The molecule has 1 saturated heterocycles. The van der Waals surface area contributed by atoms with E-state index in [1.165, 1.54) is 64.2 Å². The minimum Gasteiger partial charge on any atom is -0.375 e. The van der Waals surface area contributed by atoms with Crippen molar-refractivity contribution < 1.29 is 9.53 Å². The summed E-state index contributed by atoms with van der Waals surface area (Å²) in [5.41, 5.74) is 0. The average Bonchev–Trinajstić information content (AvgIpc) is 3.22. The Morgan fingerprint density at radius 2 is 1.64 bits per heavy atom. The molecule has 22 heavy (non-hydrogen) atoms. The zero-order valence-corrected chi connectivity index (χ0v) is 13.7. The predicted octanol–water partition coefficient (Wildman–Crippen LogP) is 2.56. The fourth-order valence-corrected chi connectivity index (χ4v) is 4.87. The molecule has 1 aliphatic heterocycles. The number of amides is 1. The lowest BCUT2D eigenvalue weighted by atomic mass is 9.90. The normalized spacial score (nSPS) is 33.6. The van der Waals surface area contributed by atoms with Gasteiger partial charge in [0.05, 0.1) is 19.3 Å². The van der Waals surface area contributed by atoms with Gasteiger partial charge in [-0.25, -0.2) is 0 Å². The molecule has 3 aliphatic carbocycles. The summed E-state index contributed by atoms with van der Waals surface area (Å²) >= 11 is 0. The summed E-state index contributed by atoms with van der Waals surface area (Å²) in [6.45, 7) is 2.38. The first-order valence-electron chi connectivity index (χ1n) is 9.50. The Balaban J connectivity index is 1.41. The minimum atomic E-state index is 0.385. The van der Waals surface area contributed by atoms with Gasteiger partial charge in [0.15, 0.2) is 0 Å². The zero-order chi connectivity index (χ0) is 14.9. The van der Waals surface area contributed by atoms with Crippen molar-refractivity contribution in [1.29, 1.82) is 0 Å². The van der Waals surface area contributed by atoms with Crippen LogP contribution in [0.5, 0.6) is 0 Å². The summed E-state index contributed by atoms with van der Waals surface area (Å²) in [4.78, 5) is 17.7. The maximum absolute atomic E-state index is 13.0. The smallest absolute Gasteiger partial charge is 0.237 e. The SMILES string of the molecule is O=C(CN1CCO[C@H]2CCCC[C@H]21)N(C1CCCC1)C1CC1. The van der Waals surface area contributed by atoms with Crippen molar-refractivity contribution in [1.82, 2.24) is 9.80 Å². The molecule has 0 aromatic rings. The van der Waals surface area contributed by atoms with E-state index in [-0.39, 0.29) is 0 Å². The molecule has 2 atom stereocenters. The lowest BCUT2D eigenvalue weighted by molar-refractivity contribution is -0.141. The second-order valence-electron chi connectivity index (χ2n) is 7.70. The molecule has 1 amide bonds. The lowest BCUT2D eigenvalue weighted by Crippen LogP contribution is -2.56. The van der Waals surface area contributed by atoms with Crippen LogP contribution in [0.15, 0.2) is 0 Å². The molecule has 0 spiro atoms. The molecule has 0 N–H and O–H groups in total. The Hall–Kier alpha value is -0.610. The van der Waals surface area contributed by atoms with Gasteiger partial charge >= 0.3 is 0 Å². The van der Waals surface area contributed by atoms with Crippen molar-refractivity contribution in [3.8, 4) is 0 Å². The number of hydrogen-bond acceptors (Lipinski definition) is 3. The highest BCUT2D eigenvalue weighted by atomic mass is 16.5. The van der Waals surface area contributed by atoms with Gasteiger partial charge in [-0.05, 0) is 38.5 Å². The summed E-state index contributed by atoms with van der Waals surface area (Å²) in [7, 11) is 0. The highest BCUT2D eigenvalue weighted by Crippen LogP contribution is 2.35. The van der Waals surface area contributed by atoms with E-state index in [9.17, 15) is 4.79 Å². The fourth-order valence-electron chi connectivity index (χ4n) is 4.87. The summed E-state index contributed by atoms with van der Waals surface area (Å²) < 4.78 is 5.95. The van der Waals surface area contributed by atoms with E-state index in [0.717, 1.165) is 13.2 Å². The van der Waals surface area contributed by atoms with Crippen molar-refractivity contribution in [2.45, 2.75) is 88.4 Å². The molecule has 1 heterocycles. The number of nitrogens with zero attached hydrogens (tertiary/aromatic N) is 2. The topological polar surface area (TPSA) is 32.8 Å². The monoisotopic (exact) mass is 306 g/mol. The molecule has 0 aromatic heterocycles. The molecule has 4 fully saturated rings. The predicted molar refractivity (Wildman–Crippen MR) is 85.7 cm³/mol. The van der Waals surface area contributed by atoms with Crippen LogP contribution in [-0.2, 0) is 9.53 Å². The second-order valence-corrected chi connectivity index (χ2v) is 7.70. The number of morpholine rings is 1. The molecule has 4 aliphatic rings. The molecule has 3 saturated carbocycles. The Morgan fingerprint density at radius 1 is 0.955 bits per heavy atom. The number of ether oxygens (including phenoxy) is 1. The average molecular weight is 306 g/mol. The highest BCUT2D eigenvalue weighted by molar-refractivity contribution is 5.79. The van der Waals surface area contributed by atoms with E-state index >= 15 is 0 Å². The first kappa shape index (κ1) is 14.9. The number of carbonyl (C=O) groups is 1. The Kier molecular flexibility index (Phi) is 4.40. The van der Waals surface area contributed by atoms with Crippen molar-refractivity contribution >= 4 is 5.91 Å². The summed E-state index contributed by atoms with van der Waals surface area (Å²) in [5, 5.41) is 0. The molecule has 0 unspecified atom stereocenters. The Bertz CT molecular complexity index is 402. The summed E-state index contributed by atoms with van der Waals surface area (Å²) in [5.74, 6) is 0.403. The van der Waals surface area contributed by atoms with Crippen LogP contribution in [0.4, 0.5) is 0 Å². The van der Waals surface area contributed by atoms with Crippen LogP contribution in [-0.4, -0.2) is 59.6 Å². The zero-order valence-electron chi connectivity index (χ0n) is 13.7. The largest absolute Gasteiger partial charge is 0.375 e. The van der Waals surface area contributed by atoms with Crippen LogP contribution >= 0.6 is 0 Å². The molecular formula is C18H30N2O2. The molecule has 0 bridgehead atoms. The van der Waals surface area contributed by atoms with Gasteiger partial charge in [-0.15, -0.1) is 0 Å². The van der Waals surface area contributed by atoms with E-state index in [4.69, 9.17) is 4.74 Å². The van der Waals surface area contributed by atoms with Gasteiger partial charge < -0.3 is 9.64 Å². The van der Waals surface area contributed by atoms with E-state index < -0.39 is 0 Å². The van der Waals surface area contributed by atoms with Crippen LogP contribution in [0.2, 0.25) is 0 Å². The third kappa shape index (κ3) is 3.05. The van der Waals surface area contributed by atoms with Gasteiger partial charge in [-0.2, -0.15) is 0 Å². The third-order valence-corrected chi connectivity index (χ3v) is 6.13. The molecule has 0 radical (unpaired) electrons. The standard InChI is InChI=1S/C18H30N2O2/c21-18(20(15-9-10-15)14-5-1-2-6-14)13-19-11-12-22-17-8-4-3-7-16(17)19/h14-17H,1-13H2/t16-,17+/m1/s1. The van der Waals surface area contributed by atoms with Crippen LogP contribution in [0, 0.1) is 0 Å². The lowest BCUT2D eigenvalue weighted by Gasteiger charge is -2.44. The van der Waals surface area contributed by atoms with Crippen LogP contribution in [0.3, 0.4) is 0 Å². The van der Waals surface area contributed by atoms with Crippen LogP contribution < -0.4 is 0 Å². The van der Waals surface area contributed by atoms with Crippen molar-refractivity contribution in [2.24, 2.45) is 0 Å². The van der Waals surface area contributed by atoms with E-state index in [2.05, 4.69) is 9.80 Å². The van der Waals surface area contributed by atoms with E-state index in [1.54, 1.807) is 0 Å². The van der Waals surface area contributed by atoms with Gasteiger partial charge in [0.25, 0.3) is 0 Å². The van der Waals surface area contributed by atoms with Gasteiger partial charge in [-0.3, -0.25) is 9.69 Å². The minimum absolute atomic E-state index is 0.385. The van der Waals surface area contributed by atoms with Gasteiger partial charge in [-0.1, -0.05) is 25.7 Å². The van der Waals surface area contributed by atoms with Crippen molar-refractivity contribution in [2.75, 3.05) is 19.7 Å². The van der Waals surface area contributed by atoms with Crippen molar-refractivity contribution in [3.63, 3.8) is 0 Å². The molecule has 4 heteroatoms. The van der Waals surface area contributed by atoms with Crippen LogP contribution in [0.1, 0.15) is 64.2 Å². The van der Waals surface area contributed by atoms with Gasteiger partial charge in [0, 0.05) is 24.7 Å². The molecule has 124 valence electrons. The number of fused-ring (bicyclic) bond motifs is 1. The number of carbonyl (C=O) groups excluding carboxylic acids is 1. The number of rotatable bonds is 4. The molecular weight excluding hydrogens is 276 g/mol. The summed E-state index contributed by atoms with van der Waals surface area (Å²) in [6.07, 6.45) is 12.9. The maximum Gasteiger partial charge on any atom is 0.237 e.